The van der Waals surface area contributed by atoms with Gasteiger partial charge in [-0.3, -0.25) is 5.09 Å². The van der Waals surface area contributed by atoms with Crippen molar-refractivity contribution in [2.75, 3.05) is 6.66 Å². The zero-order valence-corrected chi connectivity index (χ0v) is 11.8. The lowest BCUT2D eigenvalue weighted by molar-refractivity contribution is -0.144. The van der Waals surface area contributed by atoms with E-state index in [9.17, 15) is 4.79 Å². The molecule has 0 aromatic heterocycles. The van der Waals surface area contributed by atoms with Gasteiger partial charge < -0.3 is 4.52 Å². The molecule has 0 spiro atoms. The highest BCUT2D eigenvalue weighted by molar-refractivity contribution is 7.31. The first-order chi connectivity index (χ1) is 6.35. The summed E-state index contributed by atoms with van der Waals surface area (Å²) in [6.07, 6.45) is 0.910. The maximum absolute atomic E-state index is 11.8. The number of rotatable bonds is 5. The monoisotopic (exact) mass is 237 g/mol. The van der Waals surface area contributed by atoms with Crippen LogP contribution in [0.3, 0.4) is 0 Å². The molecule has 0 rings (SSSR count). The van der Waals surface area contributed by atoms with Crippen LogP contribution in [0.4, 0.5) is 0 Å². The Bertz CT molecular complexity index is 209. The summed E-state index contributed by atoms with van der Waals surface area (Å²) < 4.78 is 5.10. The van der Waals surface area contributed by atoms with Crippen LogP contribution in [0.2, 0.25) is 0 Å². The molecule has 1 N–H and O–H groups in total. The van der Waals surface area contributed by atoms with Crippen molar-refractivity contribution in [2.24, 2.45) is 5.41 Å². The van der Waals surface area contributed by atoms with Gasteiger partial charge >= 0.3 is 5.97 Å². The van der Waals surface area contributed by atoms with E-state index in [0.29, 0.717) is 0 Å². The minimum Gasteiger partial charge on any atom is -0.447 e. The molecule has 14 heavy (non-hydrogen) atoms. The zero-order chi connectivity index (χ0) is 11.4. The van der Waals surface area contributed by atoms with Crippen LogP contribution in [0, 0.1) is 5.41 Å². The normalized spacial score (nSPS) is 17.0. The van der Waals surface area contributed by atoms with E-state index in [2.05, 4.69) is 35.2 Å². The van der Waals surface area contributed by atoms with Gasteiger partial charge in [0.05, 0.1) is 8.81 Å². The lowest BCUT2D eigenvalue weighted by atomic mass is 9.72. The van der Waals surface area contributed by atoms with Crippen molar-refractivity contribution in [3.63, 3.8) is 0 Å². The molecule has 84 valence electrons. The summed E-state index contributed by atoms with van der Waals surface area (Å²) in [5, 5.41) is 3.00. The van der Waals surface area contributed by atoms with E-state index in [1.54, 1.807) is 0 Å². The number of hydrogen-bond donors (Lipinski definition) is 1. The maximum Gasteiger partial charge on any atom is 0.329 e. The Hall–Kier alpha value is 0.290. The topological polar surface area (TPSA) is 38.3 Å². The van der Waals surface area contributed by atoms with Crippen molar-refractivity contribution in [3.8, 4) is 0 Å². The first-order valence-corrected chi connectivity index (χ1v) is 6.70. The third-order valence-electron chi connectivity index (χ3n) is 3.13. The van der Waals surface area contributed by atoms with Gasteiger partial charge in [0.1, 0.15) is 5.54 Å². The van der Waals surface area contributed by atoms with Gasteiger partial charge in [-0.2, -0.15) is 0 Å². The molecule has 3 atom stereocenters. The highest BCUT2D eigenvalue weighted by atomic mass is 31.1. The number of hydrogen-bond acceptors (Lipinski definition) is 3. The fourth-order valence-electron chi connectivity index (χ4n) is 1.08. The summed E-state index contributed by atoms with van der Waals surface area (Å²) in [7, 11) is 2.61. The summed E-state index contributed by atoms with van der Waals surface area (Å²) >= 11 is 0. The zero-order valence-electron chi connectivity index (χ0n) is 9.60. The molecule has 3 unspecified atom stereocenters. The number of nitrogens with one attached hydrogen (secondary N) is 1. The highest BCUT2D eigenvalue weighted by Gasteiger charge is 2.46. The van der Waals surface area contributed by atoms with E-state index in [4.69, 9.17) is 4.52 Å². The fourth-order valence-corrected chi connectivity index (χ4v) is 1.98. The molecule has 5 heteroatoms. The minimum atomic E-state index is -0.643. The van der Waals surface area contributed by atoms with Crippen LogP contribution in [0.15, 0.2) is 0 Å². The lowest BCUT2D eigenvalue weighted by Gasteiger charge is -2.41. The number of carbonyl (C=O) groups excluding carboxylic acids is 1. The molecule has 0 aromatic carbocycles. The Morgan fingerprint density at radius 3 is 2.29 bits per heavy atom. The van der Waals surface area contributed by atoms with Gasteiger partial charge in [-0.05, 0) is 25.4 Å². The standard InChI is InChI=1S/C9H21NO2P2/c1-6-8(2,3)9(4,10-13)7(11)12-14-5/h10,14H,6,13H2,1-5H3. The molecule has 0 aliphatic carbocycles. The molecule has 0 heterocycles. The summed E-state index contributed by atoms with van der Waals surface area (Å²) in [6, 6.07) is 0. The van der Waals surface area contributed by atoms with Gasteiger partial charge in [0.25, 0.3) is 0 Å². The van der Waals surface area contributed by atoms with E-state index in [1.165, 1.54) is 0 Å². The van der Waals surface area contributed by atoms with Crippen molar-refractivity contribution in [3.05, 3.63) is 0 Å². The summed E-state index contributed by atoms with van der Waals surface area (Å²) in [5.41, 5.74) is -0.777. The first kappa shape index (κ1) is 14.3. The summed E-state index contributed by atoms with van der Waals surface area (Å²) in [4.78, 5) is 11.8. The first-order valence-electron chi connectivity index (χ1n) is 4.71. The van der Waals surface area contributed by atoms with Crippen molar-refractivity contribution in [1.82, 2.24) is 5.09 Å². The van der Waals surface area contributed by atoms with Crippen LogP contribution in [0.5, 0.6) is 0 Å². The third kappa shape index (κ3) is 2.66. The molecule has 0 fully saturated rings. The van der Waals surface area contributed by atoms with E-state index >= 15 is 0 Å². The Morgan fingerprint density at radius 2 is 2.00 bits per heavy atom. The molecule has 0 amide bonds. The molecule has 3 nitrogen and oxygen atoms in total. The van der Waals surface area contributed by atoms with E-state index < -0.39 is 5.54 Å². The minimum absolute atomic E-state index is 0.133. The Balaban J connectivity index is 4.87. The van der Waals surface area contributed by atoms with Gasteiger partial charge in [0, 0.05) is 0 Å². The van der Waals surface area contributed by atoms with Crippen LogP contribution in [-0.4, -0.2) is 18.2 Å². The quantitative estimate of drug-likeness (QED) is 0.746. The predicted molar refractivity (Wildman–Crippen MR) is 65.7 cm³/mol. The van der Waals surface area contributed by atoms with Gasteiger partial charge in [0.15, 0.2) is 0 Å². The molecular weight excluding hydrogens is 216 g/mol. The predicted octanol–water partition coefficient (Wildman–Crippen LogP) is 2.33. The second-order valence-electron chi connectivity index (χ2n) is 4.10. The van der Waals surface area contributed by atoms with Gasteiger partial charge in [-0.25, -0.2) is 4.79 Å². The molecule has 0 bridgehead atoms. The average molecular weight is 237 g/mol. The van der Waals surface area contributed by atoms with Crippen LogP contribution in [0.25, 0.3) is 0 Å². The van der Waals surface area contributed by atoms with Gasteiger partial charge in [-0.1, -0.05) is 30.2 Å². The number of carbonyl (C=O) groups is 1. The van der Waals surface area contributed by atoms with Crippen LogP contribution < -0.4 is 5.09 Å². The second kappa shape index (κ2) is 5.39. The summed E-state index contributed by atoms with van der Waals surface area (Å²) in [6.45, 7) is 9.92. The van der Waals surface area contributed by atoms with Crippen LogP contribution >= 0.6 is 18.2 Å². The molecule has 0 saturated heterocycles. The van der Waals surface area contributed by atoms with Gasteiger partial charge in [0.2, 0.25) is 0 Å². The summed E-state index contributed by atoms with van der Waals surface area (Å²) in [5.74, 6) is -0.180. The van der Waals surface area contributed by atoms with Crippen LogP contribution in [-0.2, 0) is 9.32 Å². The molecule has 0 aliphatic heterocycles. The molecule has 0 aromatic rings. The Morgan fingerprint density at radius 1 is 1.50 bits per heavy atom. The Labute approximate surface area is 90.9 Å². The van der Waals surface area contributed by atoms with Crippen molar-refractivity contribution >= 4 is 24.2 Å². The average Bonchev–Trinajstić information content (AvgIpc) is 2.16. The molecule has 0 radical (unpaired) electrons. The molecule has 0 aliphatic rings. The Kier molecular flexibility index (Phi) is 5.51. The largest absolute Gasteiger partial charge is 0.447 e. The second-order valence-corrected chi connectivity index (χ2v) is 5.00. The third-order valence-corrected chi connectivity index (χ3v) is 4.10. The molecular formula is C9H21NO2P2. The van der Waals surface area contributed by atoms with Gasteiger partial charge in [-0.15, -0.1) is 0 Å². The lowest BCUT2D eigenvalue weighted by Crippen LogP contribution is -2.56. The van der Waals surface area contributed by atoms with E-state index in [1.807, 2.05) is 13.6 Å². The SMILES string of the molecule is CCC(C)(C)C(C)(NP)C(=O)OPC. The molecule has 0 saturated carbocycles. The van der Waals surface area contributed by atoms with Crippen molar-refractivity contribution < 1.29 is 9.32 Å². The maximum atomic E-state index is 11.8. The smallest absolute Gasteiger partial charge is 0.329 e. The van der Waals surface area contributed by atoms with E-state index in [-0.39, 0.29) is 20.2 Å². The van der Waals surface area contributed by atoms with Crippen LogP contribution in [0.1, 0.15) is 34.1 Å². The fraction of sp³-hybridized carbons (Fsp3) is 0.889. The van der Waals surface area contributed by atoms with Crippen molar-refractivity contribution in [1.29, 1.82) is 0 Å². The van der Waals surface area contributed by atoms with Crippen molar-refractivity contribution in [2.45, 2.75) is 39.7 Å². The highest BCUT2D eigenvalue weighted by Crippen LogP contribution is 2.36. The van der Waals surface area contributed by atoms with E-state index in [0.717, 1.165) is 6.42 Å².